The number of aromatic nitrogens is 5. The number of benzene rings is 10. The third-order valence-corrected chi connectivity index (χ3v) is 13.6. The van der Waals surface area contributed by atoms with Crippen LogP contribution < -0.4 is 0 Å². The van der Waals surface area contributed by atoms with Gasteiger partial charge in [-0.3, -0.25) is 0 Å². The molecule has 6 heteroatoms. The molecule has 0 atom stereocenters. The zero-order valence-corrected chi connectivity index (χ0v) is 37.7. The summed E-state index contributed by atoms with van der Waals surface area (Å²) in [6.45, 7) is 0. The molecule has 4 aromatic heterocycles. The Morgan fingerprint density at radius 2 is 0.814 bits per heavy atom. The smallest absolute Gasteiger partial charge is 0.164 e. The highest BCUT2D eigenvalue weighted by atomic mass is 16.3. The number of rotatable bonds is 7. The first-order valence-corrected chi connectivity index (χ1v) is 23.5. The fourth-order valence-electron chi connectivity index (χ4n) is 10.4. The summed E-state index contributed by atoms with van der Waals surface area (Å²) in [5.74, 6) is 1.83. The van der Waals surface area contributed by atoms with Crippen LogP contribution in [-0.4, -0.2) is 24.5 Å². The molecule has 326 valence electrons. The van der Waals surface area contributed by atoms with Crippen LogP contribution in [0, 0.1) is 0 Å². The first-order chi connectivity index (χ1) is 34.7. The average Bonchev–Trinajstić information content (AvgIpc) is 3.98. The quantitative estimate of drug-likeness (QED) is 0.149. The Balaban J connectivity index is 0.861. The van der Waals surface area contributed by atoms with Gasteiger partial charge in [0.15, 0.2) is 17.5 Å². The molecule has 0 saturated heterocycles. The van der Waals surface area contributed by atoms with E-state index in [4.69, 9.17) is 24.4 Å². The summed E-state index contributed by atoms with van der Waals surface area (Å²) in [6.07, 6.45) is 0. The maximum atomic E-state index is 6.62. The van der Waals surface area contributed by atoms with E-state index in [-0.39, 0.29) is 0 Å². The molecular weight excluding hydrogens is 855 g/mol. The SMILES string of the molecule is c1ccc(-c2nc(-c3ccc(-n4c5ccccc5c5ccccc54)cc3)nc(-c3cccc(-c4ccc(-c5nc6ccccc6c6c(-c7ccccc7)c7c(cc56)oc5ccccc57)cc4)c3)n2)cc1. The molecule has 0 bridgehead atoms. The van der Waals surface area contributed by atoms with E-state index in [0.29, 0.717) is 17.5 Å². The Kier molecular flexibility index (Phi) is 9.10. The standard InChI is InChI=1S/C64H39N5O/c1-3-16-41(17-4-1)58-59-50-24-7-11-26-53(50)65-61(52(59)39-57-60(58)51-25-10-14-29-56(51)70-57)42-32-30-40(31-33-42)45-20-15-21-46(38-45)64-67-62(43-18-5-2-6-19-43)66-63(68-64)44-34-36-47(37-35-44)69-54-27-12-8-22-48(54)49-23-9-13-28-55(49)69/h1-39H. The molecule has 4 heterocycles. The lowest BCUT2D eigenvalue weighted by Crippen LogP contribution is -2.00. The van der Waals surface area contributed by atoms with Crippen LogP contribution in [0.5, 0.6) is 0 Å². The van der Waals surface area contributed by atoms with Gasteiger partial charge in [-0.2, -0.15) is 0 Å². The number of nitrogens with zero attached hydrogens (tertiary/aromatic N) is 5. The topological polar surface area (TPSA) is 69.6 Å². The van der Waals surface area contributed by atoms with Crippen LogP contribution >= 0.6 is 0 Å². The normalized spacial score (nSPS) is 11.7. The minimum Gasteiger partial charge on any atom is -0.456 e. The van der Waals surface area contributed by atoms with E-state index in [9.17, 15) is 0 Å². The van der Waals surface area contributed by atoms with Crippen molar-refractivity contribution in [3.05, 3.63) is 237 Å². The largest absolute Gasteiger partial charge is 0.456 e. The number of hydrogen-bond acceptors (Lipinski definition) is 5. The van der Waals surface area contributed by atoms with E-state index in [0.717, 1.165) is 99.5 Å². The van der Waals surface area contributed by atoms with Gasteiger partial charge in [-0.15, -0.1) is 0 Å². The minimum absolute atomic E-state index is 0.603. The zero-order valence-electron chi connectivity index (χ0n) is 37.7. The van der Waals surface area contributed by atoms with Crippen molar-refractivity contribution >= 4 is 65.4 Å². The van der Waals surface area contributed by atoms with E-state index < -0.39 is 0 Å². The van der Waals surface area contributed by atoms with Crippen LogP contribution in [0.15, 0.2) is 241 Å². The second-order valence-corrected chi connectivity index (χ2v) is 17.7. The molecule has 70 heavy (non-hydrogen) atoms. The zero-order chi connectivity index (χ0) is 46.1. The van der Waals surface area contributed by atoms with E-state index >= 15 is 0 Å². The number of fused-ring (bicyclic) bond motifs is 9. The number of para-hydroxylation sites is 4. The third kappa shape index (κ3) is 6.49. The van der Waals surface area contributed by atoms with Gasteiger partial charge < -0.3 is 8.98 Å². The molecule has 0 saturated carbocycles. The summed E-state index contributed by atoms with van der Waals surface area (Å²) in [6, 6.07) is 82.6. The molecule has 10 aromatic carbocycles. The molecule has 0 unspecified atom stereocenters. The van der Waals surface area contributed by atoms with Crippen molar-refractivity contribution < 1.29 is 4.42 Å². The first-order valence-electron chi connectivity index (χ1n) is 23.5. The minimum atomic E-state index is 0.603. The Bertz CT molecular complexity index is 4280. The van der Waals surface area contributed by atoms with Gasteiger partial charge in [0.25, 0.3) is 0 Å². The molecule has 0 spiro atoms. The molecule has 14 rings (SSSR count). The van der Waals surface area contributed by atoms with Crippen molar-refractivity contribution in [3.8, 4) is 73.4 Å². The summed E-state index contributed by atoms with van der Waals surface area (Å²) in [5.41, 5.74) is 15.1. The highest BCUT2D eigenvalue weighted by Gasteiger charge is 2.22. The van der Waals surface area contributed by atoms with Crippen LogP contribution in [0.3, 0.4) is 0 Å². The molecule has 6 nitrogen and oxygen atoms in total. The molecule has 0 aliphatic heterocycles. The van der Waals surface area contributed by atoms with E-state index in [1.165, 1.54) is 21.8 Å². The van der Waals surface area contributed by atoms with Gasteiger partial charge in [-0.1, -0.05) is 176 Å². The maximum Gasteiger partial charge on any atom is 0.164 e. The van der Waals surface area contributed by atoms with Crippen molar-refractivity contribution in [2.45, 2.75) is 0 Å². The molecule has 0 amide bonds. The summed E-state index contributed by atoms with van der Waals surface area (Å²) in [4.78, 5) is 20.7. The maximum absolute atomic E-state index is 6.62. The Hall–Kier alpha value is -9.52. The first kappa shape index (κ1) is 39.6. The monoisotopic (exact) mass is 893 g/mol. The van der Waals surface area contributed by atoms with Crippen LogP contribution in [0.1, 0.15) is 0 Å². The van der Waals surface area contributed by atoms with Gasteiger partial charge in [0.2, 0.25) is 0 Å². The summed E-state index contributed by atoms with van der Waals surface area (Å²) in [5, 5.41) is 7.98. The highest BCUT2D eigenvalue weighted by Crippen LogP contribution is 2.46. The average molecular weight is 894 g/mol. The van der Waals surface area contributed by atoms with Crippen molar-refractivity contribution in [1.29, 1.82) is 0 Å². The summed E-state index contributed by atoms with van der Waals surface area (Å²) >= 11 is 0. The summed E-state index contributed by atoms with van der Waals surface area (Å²) < 4.78 is 8.94. The van der Waals surface area contributed by atoms with Gasteiger partial charge in [-0.05, 0) is 77.4 Å². The van der Waals surface area contributed by atoms with Crippen molar-refractivity contribution in [1.82, 2.24) is 24.5 Å². The number of hydrogen-bond donors (Lipinski definition) is 0. The lowest BCUT2D eigenvalue weighted by molar-refractivity contribution is 0.669. The van der Waals surface area contributed by atoms with Gasteiger partial charge in [-0.25, -0.2) is 19.9 Å². The number of pyridine rings is 1. The van der Waals surface area contributed by atoms with Crippen molar-refractivity contribution in [2.75, 3.05) is 0 Å². The molecule has 0 radical (unpaired) electrons. The van der Waals surface area contributed by atoms with Gasteiger partial charge in [0.05, 0.1) is 22.2 Å². The molecule has 0 aliphatic rings. The van der Waals surface area contributed by atoms with E-state index in [1.54, 1.807) is 0 Å². The Morgan fingerprint density at radius 3 is 1.51 bits per heavy atom. The predicted octanol–water partition coefficient (Wildman–Crippen LogP) is 16.6. The molecule has 14 aromatic rings. The van der Waals surface area contributed by atoms with Gasteiger partial charge in [0.1, 0.15) is 11.2 Å². The second kappa shape index (κ2) is 16.1. The Labute approximate surface area is 402 Å². The highest BCUT2D eigenvalue weighted by molar-refractivity contribution is 6.27. The molecular formula is C64H39N5O. The van der Waals surface area contributed by atoms with Crippen LogP contribution in [0.4, 0.5) is 0 Å². The summed E-state index contributed by atoms with van der Waals surface area (Å²) in [7, 11) is 0. The Morgan fingerprint density at radius 1 is 0.300 bits per heavy atom. The van der Waals surface area contributed by atoms with Crippen molar-refractivity contribution in [2.24, 2.45) is 0 Å². The molecule has 0 aliphatic carbocycles. The lowest BCUT2D eigenvalue weighted by Gasteiger charge is -2.16. The lowest BCUT2D eigenvalue weighted by atomic mass is 9.89. The fourth-order valence-corrected chi connectivity index (χ4v) is 10.4. The van der Waals surface area contributed by atoms with Crippen LogP contribution in [-0.2, 0) is 0 Å². The van der Waals surface area contributed by atoms with E-state index in [1.807, 2.05) is 42.5 Å². The van der Waals surface area contributed by atoms with Gasteiger partial charge in [0, 0.05) is 71.2 Å². The molecule has 0 N–H and O–H groups in total. The van der Waals surface area contributed by atoms with Gasteiger partial charge >= 0.3 is 0 Å². The van der Waals surface area contributed by atoms with Crippen LogP contribution in [0.25, 0.3) is 139 Å². The van der Waals surface area contributed by atoms with Crippen molar-refractivity contribution in [3.63, 3.8) is 0 Å². The second-order valence-electron chi connectivity index (χ2n) is 17.7. The third-order valence-electron chi connectivity index (χ3n) is 13.6. The predicted molar refractivity (Wildman–Crippen MR) is 287 cm³/mol. The number of furan rings is 1. The van der Waals surface area contributed by atoms with E-state index in [2.05, 4.69) is 199 Å². The van der Waals surface area contributed by atoms with Crippen LogP contribution in [0.2, 0.25) is 0 Å². The fraction of sp³-hybridized carbons (Fsp3) is 0. The molecule has 0 fully saturated rings.